The van der Waals surface area contributed by atoms with Gasteiger partial charge < -0.3 is 13.3 Å². The van der Waals surface area contributed by atoms with E-state index in [2.05, 4.69) is 68.1 Å². The molecule has 0 aromatic carbocycles. The van der Waals surface area contributed by atoms with E-state index in [1.165, 1.54) is 0 Å². The molecule has 0 aliphatic rings. The van der Waals surface area contributed by atoms with Gasteiger partial charge in [-0.3, -0.25) is 0 Å². The molecule has 0 unspecified atom stereocenters. The van der Waals surface area contributed by atoms with E-state index in [0.717, 1.165) is 6.42 Å². The van der Waals surface area contributed by atoms with Gasteiger partial charge in [0.25, 0.3) is 0 Å². The quantitative estimate of drug-likeness (QED) is 0.565. The standard InChI is InChI=1S/C15H38O3Si3/c1-11-15(12(2,3)16-19-8,13(4,5)17-20-9)14(6,7)18-21-10/h11,19-21H2,1-10H3. The molecule has 3 nitrogen and oxygen atoms in total. The molecule has 0 saturated heterocycles. The third kappa shape index (κ3) is 3.90. The second-order valence-corrected chi connectivity index (χ2v) is 9.69. The van der Waals surface area contributed by atoms with E-state index >= 15 is 0 Å². The van der Waals surface area contributed by atoms with Gasteiger partial charge in [0.05, 0.1) is 22.2 Å². The Balaban J connectivity index is 6.18. The molecule has 0 N–H and O–H groups in total. The van der Waals surface area contributed by atoms with Crippen molar-refractivity contribution in [2.75, 3.05) is 0 Å². The Bertz CT molecular complexity index is 272. The lowest BCUT2D eigenvalue weighted by Crippen LogP contribution is -2.69. The second-order valence-electron chi connectivity index (χ2n) is 7.09. The summed E-state index contributed by atoms with van der Waals surface area (Å²) in [5.41, 5.74) is -0.962. The molecule has 0 radical (unpaired) electrons. The first-order valence-electron chi connectivity index (χ1n) is 8.41. The van der Waals surface area contributed by atoms with E-state index in [9.17, 15) is 0 Å². The summed E-state index contributed by atoms with van der Waals surface area (Å²) in [7, 11) is -1.53. The molecule has 0 heterocycles. The Labute approximate surface area is 139 Å². The molecule has 0 aliphatic heterocycles. The maximum Gasteiger partial charge on any atom is 0.159 e. The highest BCUT2D eigenvalue weighted by Gasteiger charge is 2.63. The maximum absolute atomic E-state index is 6.36. The summed E-state index contributed by atoms with van der Waals surface area (Å²) in [5.74, 6) is 0. The van der Waals surface area contributed by atoms with Crippen LogP contribution < -0.4 is 0 Å². The van der Waals surface area contributed by atoms with E-state index < -0.39 is 29.3 Å². The summed E-state index contributed by atoms with van der Waals surface area (Å²) in [6.45, 7) is 22.3. The first-order chi connectivity index (χ1) is 9.49. The van der Waals surface area contributed by atoms with E-state index in [-0.39, 0.29) is 22.2 Å². The number of hydrogen-bond acceptors (Lipinski definition) is 3. The van der Waals surface area contributed by atoms with Gasteiger partial charge in [-0.05, 0) is 48.0 Å². The van der Waals surface area contributed by atoms with Crippen molar-refractivity contribution in [1.82, 2.24) is 0 Å². The van der Waals surface area contributed by atoms with Crippen molar-refractivity contribution in [1.29, 1.82) is 0 Å². The molecular formula is C15H38O3Si3. The predicted molar refractivity (Wildman–Crippen MR) is 101 cm³/mol. The topological polar surface area (TPSA) is 27.7 Å². The third-order valence-electron chi connectivity index (χ3n) is 5.13. The van der Waals surface area contributed by atoms with Gasteiger partial charge in [-0.25, -0.2) is 0 Å². The Morgan fingerprint density at radius 3 is 1.00 bits per heavy atom. The zero-order valence-electron chi connectivity index (χ0n) is 16.1. The van der Waals surface area contributed by atoms with E-state index in [1.54, 1.807) is 0 Å². The fourth-order valence-corrected chi connectivity index (χ4v) is 7.81. The van der Waals surface area contributed by atoms with Crippen molar-refractivity contribution in [3.05, 3.63) is 0 Å². The van der Waals surface area contributed by atoms with Crippen LogP contribution in [-0.2, 0) is 13.3 Å². The lowest BCUT2D eigenvalue weighted by molar-refractivity contribution is -0.224. The van der Waals surface area contributed by atoms with E-state index in [1.807, 2.05) is 0 Å². The minimum atomic E-state index is -0.512. The SMILES string of the molecule is CCC(C(C)(C)O[SiH2]C)(C(C)(C)O[SiH2]C)C(C)(C)O[SiH2]C. The Hall–Kier alpha value is 0.531. The number of rotatable bonds is 10. The zero-order valence-corrected chi connectivity index (χ0v) is 20.3. The molecule has 6 heteroatoms. The number of hydrogen-bond donors (Lipinski definition) is 0. The summed E-state index contributed by atoms with van der Waals surface area (Å²) >= 11 is 0. The van der Waals surface area contributed by atoms with E-state index in [4.69, 9.17) is 13.3 Å². The lowest BCUT2D eigenvalue weighted by Gasteiger charge is -2.62. The second kappa shape index (κ2) is 7.88. The summed E-state index contributed by atoms with van der Waals surface area (Å²) in [5, 5.41) is 0. The molecule has 0 amide bonds. The average Bonchev–Trinajstić information content (AvgIpc) is 2.28. The molecule has 0 bridgehead atoms. The first-order valence-corrected chi connectivity index (χ1v) is 14.4. The van der Waals surface area contributed by atoms with Gasteiger partial charge in [0, 0.05) is 0 Å². The lowest BCUT2D eigenvalue weighted by atomic mass is 9.54. The predicted octanol–water partition coefficient (Wildman–Crippen LogP) is 2.16. The Kier molecular flexibility index (Phi) is 8.08. The molecule has 0 rings (SSSR count). The van der Waals surface area contributed by atoms with Crippen LogP contribution in [0.1, 0.15) is 54.9 Å². The molecule has 0 aromatic rings. The molecule has 0 atom stereocenters. The molecule has 0 fully saturated rings. The minimum Gasteiger partial charge on any atom is -0.419 e. The fourth-order valence-electron chi connectivity index (χ4n) is 4.90. The van der Waals surface area contributed by atoms with Crippen LogP contribution in [-0.4, -0.2) is 46.1 Å². The minimum absolute atomic E-state index is 0.179. The Morgan fingerprint density at radius 2 is 0.857 bits per heavy atom. The average molecular weight is 351 g/mol. The van der Waals surface area contributed by atoms with Crippen molar-refractivity contribution in [2.24, 2.45) is 5.41 Å². The van der Waals surface area contributed by atoms with Crippen LogP contribution in [0.3, 0.4) is 0 Å². The summed E-state index contributed by atoms with van der Waals surface area (Å²) in [6, 6.07) is 0. The zero-order chi connectivity index (χ0) is 16.9. The Morgan fingerprint density at radius 1 is 0.619 bits per heavy atom. The molecule has 0 saturated carbocycles. The van der Waals surface area contributed by atoms with Crippen LogP contribution in [0, 0.1) is 5.41 Å². The maximum atomic E-state index is 6.36. The van der Waals surface area contributed by atoms with Gasteiger partial charge in [-0.15, -0.1) is 0 Å². The van der Waals surface area contributed by atoms with Crippen LogP contribution >= 0.6 is 0 Å². The van der Waals surface area contributed by atoms with Crippen LogP contribution in [0.4, 0.5) is 0 Å². The van der Waals surface area contributed by atoms with Gasteiger partial charge in [0.1, 0.15) is 0 Å². The highest BCUT2D eigenvalue weighted by atomic mass is 28.2. The van der Waals surface area contributed by atoms with Gasteiger partial charge in [0.2, 0.25) is 0 Å². The molecule has 128 valence electrons. The van der Waals surface area contributed by atoms with Gasteiger partial charge in [-0.1, -0.05) is 26.6 Å². The van der Waals surface area contributed by atoms with Crippen LogP contribution in [0.15, 0.2) is 0 Å². The van der Waals surface area contributed by atoms with Crippen molar-refractivity contribution in [2.45, 2.75) is 91.3 Å². The van der Waals surface area contributed by atoms with Crippen molar-refractivity contribution in [3.63, 3.8) is 0 Å². The highest BCUT2D eigenvalue weighted by molar-refractivity contribution is 6.25. The first kappa shape index (κ1) is 21.5. The summed E-state index contributed by atoms with van der Waals surface area (Å²) < 4.78 is 19.1. The highest BCUT2D eigenvalue weighted by Crippen LogP contribution is 2.56. The molecule has 21 heavy (non-hydrogen) atoms. The summed E-state index contributed by atoms with van der Waals surface area (Å²) in [4.78, 5) is 0. The van der Waals surface area contributed by atoms with Crippen molar-refractivity contribution < 1.29 is 13.3 Å². The van der Waals surface area contributed by atoms with Crippen LogP contribution in [0.25, 0.3) is 0 Å². The monoisotopic (exact) mass is 350 g/mol. The molecule has 0 aromatic heterocycles. The van der Waals surface area contributed by atoms with E-state index in [0.29, 0.717) is 0 Å². The molecular weight excluding hydrogens is 312 g/mol. The largest absolute Gasteiger partial charge is 0.419 e. The molecule has 0 aliphatic carbocycles. The molecule has 0 spiro atoms. The van der Waals surface area contributed by atoms with Gasteiger partial charge >= 0.3 is 0 Å². The van der Waals surface area contributed by atoms with Crippen molar-refractivity contribution >= 4 is 29.3 Å². The third-order valence-corrected chi connectivity index (χ3v) is 8.16. The normalized spacial score (nSPS) is 18.6. The van der Waals surface area contributed by atoms with Crippen LogP contribution in [0.5, 0.6) is 0 Å². The fraction of sp³-hybridized carbons (Fsp3) is 1.00. The van der Waals surface area contributed by atoms with Crippen molar-refractivity contribution in [3.8, 4) is 0 Å². The summed E-state index contributed by atoms with van der Waals surface area (Å²) in [6.07, 6.45) is 0.983. The van der Waals surface area contributed by atoms with Gasteiger partial charge in [-0.2, -0.15) is 0 Å². The smallest absolute Gasteiger partial charge is 0.159 e. The van der Waals surface area contributed by atoms with Crippen LogP contribution in [0.2, 0.25) is 19.6 Å². The van der Waals surface area contributed by atoms with Gasteiger partial charge in [0.15, 0.2) is 29.3 Å².